The van der Waals surface area contributed by atoms with Crippen LogP contribution in [0.15, 0.2) is 54.6 Å². The molecule has 0 radical (unpaired) electrons. The monoisotopic (exact) mass is 351 g/mol. The highest BCUT2D eigenvalue weighted by atomic mass is 127. The Kier molecular flexibility index (Phi) is 5.20. The Hall–Kier alpha value is -0.870. The molecule has 2 heteroatoms. The average Bonchev–Trinajstić information content (AvgIpc) is 2.39. The van der Waals surface area contributed by atoms with Crippen molar-refractivity contribution in [2.45, 2.75) is 25.9 Å². The molecule has 0 aliphatic heterocycles. The van der Waals surface area contributed by atoms with Crippen LogP contribution in [0.4, 0.5) is 0 Å². The highest BCUT2D eigenvalue weighted by Crippen LogP contribution is 2.11. The minimum absolute atomic E-state index is 0.489. The molecule has 0 fully saturated rings. The Labute approximate surface area is 123 Å². The summed E-state index contributed by atoms with van der Waals surface area (Å²) in [5, 5.41) is 3.58. The maximum atomic E-state index is 3.58. The van der Waals surface area contributed by atoms with Crippen molar-refractivity contribution in [2.24, 2.45) is 0 Å². The van der Waals surface area contributed by atoms with Crippen molar-refractivity contribution in [3.8, 4) is 0 Å². The predicted molar refractivity (Wildman–Crippen MR) is 85.6 cm³/mol. The lowest BCUT2D eigenvalue weighted by Gasteiger charge is -2.14. The van der Waals surface area contributed by atoms with Gasteiger partial charge in [-0.15, -0.1) is 0 Å². The van der Waals surface area contributed by atoms with Crippen molar-refractivity contribution in [3.05, 3.63) is 69.3 Å². The van der Waals surface area contributed by atoms with E-state index in [1.165, 1.54) is 14.7 Å². The minimum atomic E-state index is 0.489. The van der Waals surface area contributed by atoms with Crippen LogP contribution in [0.3, 0.4) is 0 Å². The van der Waals surface area contributed by atoms with Crippen LogP contribution < -0.4 is 5.32 Å². The first kappa shape index (κ1) is 13.6. The third-order valence-electron chi connectivity index (χ3n) is 2.98. The molecule has 2 aromatic rings. The summed E-state index contributed by atoms with van der Waals surface area (Å²) in [6.45, 7) is 3.18. The van der Waals surface area contributed by atoms with Gasteiger partial charge in [-0.1, -0.05) is 48.5 Å². The van der Waals surface area contributed by atoms with Crippen LogP contribution >= 0.6 is 22.6 Å². The molecule has 2 rings (SSSR count). The predicted octanol–water partition coefficient (Wildman–Crippen LogP) is 4.01. The first-order chi connectivity index (χ1) is 8.75. The Balaban J connectivity index is 1.86. The summed E-state index contributed by atoms with van der Waals surface area (Å²) in [6, 6.07) is 19.6. The maximum absolute atomic E-state index is 3.58. The van der Waals surface area contributed by atoms with Crippen molar-refractivity contribution >= 4 is 22.6 Å². The van der Waals surface area contributed by atoms with Gasteiger partial charge in [-0.3, -0.25) is 0 Å². The number of hydrogen-bond acceptors (Lipinski definition) is 1. The molecular formula is C16H18IN. The van der Waals surface area contributed by atoms with Gasteiger partial charge in [-0.2, -0.15) is 0 Å². The van der Waals surface area contributed by atoms with E-state index in [0.717, 1.165) is 13.0 Å². The summed E-state index contributed by atoms with van der Waals surface area (Å²) in [7, 11) is 0. The largest absolute Gasteiger partial charge is 0.310 e. The van der Waals surface area contributed by atoms with Crippen molar-refractivity contribution in [3.63, 3.8) is 0 Å². The van der Waals surface area contributed by atoms with Gasteiger partial charge in [0.1, 0.15) is 0 Å². The second kappa shape index (κ2) is 6.90. The smallest absolute Gasteiger partial charge is 0.0218 e. The van der Waals surface area contributed by atoms with E-state index in [2.05, 4.69) is 89.4 Å². The molecule has 0 amide bonds. The lowest BCUT2D eigenvalue weighted by atomic mass is 10.1. The van der Waals surface area contributed by atoms with Crippen molar-refractivity contribution in [2.75, 3.05) is 0 Å². The van der Waals surface area contributed by atoms with Crippen LogP contribution in [0.5, 0.6) is 0 Å². The second-order valence-electron chi connectivity index (χ2n) is 4.56. The lowest BCUT2D eigenvalue weighted by Crippen LogP contribution is -2.27. The van der Waals surface area contributed by atoms with Gasteiger partial charge in [0, 0.05) is 16.2 Å². The van der Waals surface area contributed by atoms with E-state index in [9.17, 15) is 0 Å². The van der Waals surface area contributed by atoms with Gasteiger partial charge in [0.05, 0.1) is 0 Å². The van der Waals surface area contributed by atoms with Crippen LogP contribution in [0, 0.1) is 3.57 Å². The minimum Gasteiger partial charge on any atom is -0.310 e. The van der Waals surface area contributed by atoms with E-state index in [1.54, 1.807) is 0 Å². The number of benzene rings is 2. The Morgan fingerprint density at radius 3 is 2.39 bits per heavy atom. The summed E-state index contributed by atoms with van der Waals surface area (Å²) in [4.78, 5) is 0. The molecule has 0 saturated carbocycles. The quantitative estimate of drug-likeness (QED) is 0.803. The molecular weight excluding hydrogens is 333 g/mol. The van der Waals surface area contributed by atoms with Crippen LogP contribution in [0.2, 0.25) is 0 Å². The van der Waals surface area contributed by atoms with Gasteiger partial charge in [-0.25, -0.2) is 0 Å². The van der Waals surface area contributed by atoms with Gasteiger partial charge in [0.15, 0.2) is 0 Å². The van der Waals surface area contributed by atoms with Crippen LogP contribution in [-0.2, 0) is 13.0 Å². The molecule has 94 valence electrons. The zero-order valence-corrected chi connectivity index (χ0v) is 12.7. The maximum Gasteiger partial charge on any atom is 0.0218 e. The summed E-state index contributed by atoms with van der Waals surface area (Å²) in [5.74, 6) is 0. The van der Waals surface area contributed by atoms with Crippen molar-refractivity contribution in [1.29, 1.82) is 0 Å². The molecule has 18 heavy (non-hydrogen) atoms. The molecule has 1 N–H and O–H groups in total. The van der Waals surface area contributed by atoms with E-state index in [0.29, 0.717) is 6.04 Å². The fourth-order valence-electron chi connectivity index (χ4n) is 1.97. The van der Waals surface area contributed by atoms with Gasteiger partial charge < -0.3 is 5.32 Å². The SMILES string of the molecule is CC(Cc1ccccc1)NCc1ccccc1I. The third kappa shape index (κ3) is 4.10. The van der Waals surface area contributed by atoms with Crippen LogP contribution in [0.1, 0.15) is 18.1 Å². The molecule has 0 saturated heterocycles. The van der Waals surface area contributed by atoms with Gasteiger partial charge in [0.25, 0.3) is 0 Å². The summed E-state index contributed by atoms with van der Waals surface area (Å²) in [6.07, 6.45) is 1.07. The summed E-state index contributed by atoms with van der Waals surface area (Å²) >= 11 is 2.39. The van der Waals surface area contributed by atoms with E-state index < -0.39 is 0 Å². The highest BCUT2D eigenvalue weighted by Gasteiger charge is 2.04. The van der Waals surface area contributed by atoms with E-state index in [-0.39, 0.29) is 0 Å². The summed E-state index contributed by atoms with van der Waals surface area (Å²) < 4.78 is 1.33. The van der Waals surface area contributed by atoms with Crippen molar-refractivity contribution < 1.29 is 0 Å². The zero-order chi connectivity index (χ0) is 12.8. The molecule has 0 heterocycles. The number of nitrogens with one attached hydrogen (secondary N) is 1. The Morgan fingerprint density at radius 1 is 1.00 bits per heavy atom. The van der Waals surface area contributed by atoms with Gasteiger partial charge >= 0.3 is 0 Å². The third-order valence-corrected chi connectivity index (χ3v) is 4.04. The number of halogens is 1. The molecule has 0 aliphatic rings. The molecule has 1 unspecified atom stereocenters. The molecule has 0 spiro atoms. The molecule has 2 aromatic carbocycles. The standard InChI is InChI=1S/C16H18IN/c1-13(11-14-7-3-2-4-8-14)18-12-15-9-5-6-10-16(15)17/h2-10,13,18H,11-12H2,1H3. The average molecular weight is 351 g/mol. The topological polar surface area (TPSA) is 12.0 Å². The molecule has 1 nitrogen and oxygen atoms in total. The fourth-order valence-corrected chi connectivity index (χ4v) is 2.54. The highest BCUT2D eigenvalue weighted by molar-refractivity contribution is 14.1. The summed E-state index contributed by atoms with van der Waals surface area (Å²) in [5.41, 5.74) is 2.76. The second-order valence-corrected chi connectivity index (χ2v) is 5.73. The van der Waals surface area contributed by atoms with Crippen molar-refractivity contribution in [1.82, 2.24) is 5.32 Å². The van der Waals surface area contributed by atoms with E-state index in [4.69, 9.17) is 0 Å². The number of hydrogen-bond donors (Lipinski definition) is 1. The molecule has 0 aliphatic carbocycles. The Morgan fingerprint density at radius 2 is 1.67 bits per heavy atom. The lowest BCUT2D eigenvalue weighted by molar-refractivity contribution is 0.544. The van der Waals surface area contributed by atoms with Crippen LogP contribution in [0.25, 0.3) is 0 Å². The molecule has 0 aromatic heterocycles. The first-order valence-corrected chi connectivity index (χ1v) is 7.34. The van der Waals surface area contributed by atoms with Gasteiger partial charge in [0.2, 0.25) is 0 Å². The number of rotatable bonds is 5. The normalized spacial score (nSPS) is 12.3. The van der Waals surface area contributed by atoms with E-state index >= 15 is 0 Å². The first-order valence-electron chi connectivity index (χ1n) is 6.26. The van der Waals surface area contributed by atoms with Crippen LogP contribution in [-0.4, -0.2) is 6.04 Å². The molecule has 1 atom stereocenters. The Bertz CT molecular complexity index is 481. The fraction of sp³-hybridized carbons (Fsp3) is 0.250. The zero-order valence-electron chi connectivity index (χ0n) is 10.6. The van der Waals surface area contributed by atoms with Gasteiger partial charge in [-0.05, 0) is 53.1 Å². The molecule has 0 bridgehead atoms. The van der Waals surface area contributed by atoms with E-state index in [1.807, 2.05) is 0 Å².